The molecule has 0 amide bonds. The Labute approximate surface area is 168 Å². The molecule has 3 nitrogen and oxygen atoms in total. The van der Waals surface area contributed by atoms with Gasteiger partial charge in [-0.25, -0.2) is 9.97 Å². The van der Waals surface area contributed by atoms with E-state index < -0.39 is 0 Å². The molecule has 0 spiro atoms. The molecule has 0 aliphatic heterocycles. The first-order valence-corrected chi connectivity index (χ1v) is 10.2. The van der Waals surface area contributed by atoms with Crippen LogP contribution in [0.25, 0.3) is 43.8 Å². The van der Waals surface area contributed by atoms with Gasteiger partial charge in [-0.3, -0.25) is 0 Å². The highest BCUT2D eigenvalue weighted by Crippen LogP contribution is 2.34. The van der Waals surface area contributed by atoms with Crippen LogP contribution in [0.15, 0.2) is 66.9 Å². The first kappa shape index (κ1) is 16.5. The molecule has 0 unspecified atom stereocenters. The Morgan fingerprint density at radius 3 is 2.59 bits per heavy atom. The third-order valence-electron chi connectivity index (χ3n) is 6.21. The Bertz CT molecular complexity index is 1420. The third kappa shape index (κ3) is 2.58. The van der Waals surface area contributed by atoms with E-state index in [2.05, 4.69) is 52.4 Å². The van der Waals surface area contributed by atoms with Crippen LogP contribution in [0, 0.1) is 0 Å². The van der Waals surface area contributed by atoms with Crippen LogP contribution in [0.1, 0.15) is 24.0 Å². The van der Waals surface area contributed by atoms with Gasteiger partial charge in [0.25, 0.3) is 0 Å². The zero-order valence-electron chi connectivity index (χ0n) is 16.0. The fourth-order valence-corrected chi connectivity index (χ4v) is 4.72. The zero-order chi connectivity index (χ0) is 19.4. The zero-order valence-corrected chi connectivity index (χ0v) is 16.0. The number of hydrogen-bond acceptors (Lipinski definition) is 3. The fourth-order valence-electron chi connectivity index (χ4n) is 4.72. The maximum Gasteiger partial charge on any atom is 0.159 e. The molecule has 1 aliphatic carbocycles. The number of fused-ring (bicyclic) bond motifs is 6. The second kappa shape index (κ2) is 6.28. The highest BCUT2D eigenvalue weighted by atomic mass is 16.3. The van der Waals surface area contributed by atoms with Gasteiger partial charge in [0.2, 0.25) is 0 Å². The van der Waals surface area contributed by atoms with Gasteiger partial charge in [0, 0.05) is 11.8 Å². The third-order valence-corrected chi connectivity index (χ3v) is 6.21. The van der Waals surface area contributed by atoms with Crippen LogP contribution >= 0.6 is 0 Å². The summed E-state index contributed by atoms with van der Waals surface area (Å²) in [5.74, 6) is 0.887. The average molecular weight is 376 g/mol. The van der Waals surface area contributed by atoms with E-state index in [1.807, 2.05) is 12.1 Å². The molecule has 0 fully saturated rings. The highest BCUT2D eigenvalue weighted by Gasteiger charge is 2.14. The predicted molar refractivity (Wildman–Crippen MR) is 118 cm³/mol. The number of benzene rings is 4. The lowest BCUT2D eigenvalue weighted by atomic mass is 9.86. The summed E-state index contributed by atoms with van der Waals surface area (Å²) in [5.41, 5.74) is 4.80. The number of phenols is 1. The molecule has 29 heavy (non-hydrogen) atoms. The van der Waals surface area contributed by atoms with E-state index in [4.69, 9.17) is 0 Å². The van der Waals surface area contributed by atoms with Crippen LogP contribution in [0.5, 0.6) is 5.75 Å². The van der Waals surface area contributed by atoms with Gasteiger partial charge in [-0.2, -0.15) is 0 Å². The van der Waals surface area contributed by atoms with Gasteiger partial charge >= 0.3 is 0 Å². The molecule has 5 aromatic rings. The number of aryl methyl sites for hydroxylation is 2. The minimum Gasteiger partial charge on any atom is -0.507 e. The Morgan fingerprint density at radius 2 is 1.62 bits per heavy atom. The summed E-state index contributed by atoms with van der Waals surface area (Å²) in [4.78, 5) is 9.16. The molecule has 0 radical (unpaired) electrons. The van der Waals surface area contributed by atoms with Crippen molar-refractivity contribution in [1.82, 2.24) is 9.97 Å². The van der Waals surface area contributed by atoms with Gasteiger partial charge in [-0.05, 0) is 76.6 Å². The van der Waals surface area contributed by atoms with Gasteiger partial charge in [-0.1, -0.05) is 42.5 Å². The fraction of sp³-hybridized carbons (Fsp3) is 0.154. The van der Waals surface area contributed by atoms with Gasteiger partial charge in [0.15, 0.2) is 5.82 Å². The summed E-state index contributed by atoms with van der Waals surface area (Å²) in [6, 6.07) is 20.9. The molecule has 4 aromatic carbocycles. The molecule has 0 bridgehead atoms. The van der Waals surface area contributed by atoms with Crippen LogP contribution < -0.4 is 0 Å². The highest BCUT2D eigenvalue weighted by molar-refractivity contribution is 6.09. The van der Waals surface area contributed by atoms with E-state index in [0.717, 1.165) is 11.1 Å². The molecule has 3 heteroatoms. The largest absolute Gasteiger partial charge is 0.507 e. The maximum absolute atomic E-state index is 9.98. The van der Waals surface area contributed by atoms with E-state index in [0.29, 0.717) is 11.2 Å². The molecule has 1 heterocycles. The van der Waals surface area contributed by atoms with Crippen molar-refractivity contribution in [3.63, 3.8) is 0 Å². The molecule has 1 aromatic heterocycles. The first-order chi connectivity index (χ1) is 14.3. The smallest absolute Gasteiger partial charge is 0.159 e. The summed E-state index contributed by atoms with van der Waals surface area (Å²) in [7, 11) is 0. The summed E-state index contributed by atoms with van der Waals surface area (Å²) < 4.78 is 0. The van der Waals surface area contributed by atoms with Crippen LogP contribution in [0.3, 0.4) is 0 Å². The number of aromatic nitrogens is 2. The molecule has 1 aliphatic rings. The number of hydrogen-bond donors (Lipinski definition) is 1. The van der Waals surface area contributed by atoms with Crippen molar-refractivity contribution in [3.8, 4) is 17.1 Å². The van der Waals surface area contributed by atoms with Crippen molar-refractivity contribution in [2.24, 2.45) is 0 Å². The number of aromatic hydroxyl groups is 1. The van der Waals surface area contributed by atoms with Crippen LogP contribution in [-0.4, -0.2) is 15.1 Å². The van der Waals surface area contributed by atoms with E-state index >= 15 is 0 Å². The van der Waals surface area contributed by atoms with E-state index in [-0.39, 0.29) is 5.75 Å². The Balaban J connectivity index is 1.52. The van der Waals surface area contributed by atoms with Crippen molar-refractivity contribution in [1.29, 1.82) is 0 Å². The molecule has 0 saturated carbocycles. The van der Waals surface area contributed by atoms with Crippen LogP contribution in [-0.2, 0) is 12.8 Å². The average Bonchev–Trinajstić information content (AvgIpc) is 2.78. The lowest BCUT2D eigenvalue weighted by Crippen LogP contribution is -2.03. The van der Waals surface area contributed by atoms with Crippen LogP contribution in [0.2, 0.25) is 0 Å². The van der Waals surface area contributed by atoms with E-state index in [1.54, 1.807) is 12.3 Å². The van der Waals surface area contributed by atoms with Gasteiger partial charge < -0.3 is 5.11 Å². The van der Waals surface area contributed by atoms with Crippen LogP contribution in [0.4, 0.5) is 0 Å². The van der Waals surface area contributed by atoms with Gasteiger partial charge in [0.1, 0.15) is 5.75 Å². The van der Waals surface area contributed by atoms with E-state index in [1.165, 1.54) is 58.4 Å². The molecule has 6 rings (SSSR count). The summed E-state index contributed by atoms with van der Waals surface area (Å²) in [5, 5.41) is 15.9. The van der Waals surface area contributed by atoms with Crippen molar-refractivity contribution < 1.29 is 5.11 Å². The lowest BCUT2D eigenvalue weighted by molar-refractivity contribution is 0.481. The van der Waals surface area contributed by atoms with Crippen molar-refractivity contribution in [2.45, 2.75) is 25.7 Å². The maximum atomic E-state index is 9.98. The monoisotopic (exact) mass is 376 g/mol. The number of nitrogens with zero attached hydrogens (tertiary/aromatic N) is 2. The minimum atomic E-state index is 0.211. The molecule has 0 atom stereocenters. The van der Waals surface area contributed by atoms with Gasteiger partial charge in [0.05, 0.1) is 10.9 Å². The normalized spacial score (nSPS) is 13.8. The first-order valence-electron chi connectivity index (χ1n) is 10.2. The Hall–Kier alpha value is -3.46. The minimum absolute atomic E-state index is 0.211. The van der Waals surface area contributed by atoms with Crippen molar-refractivity contribution in [2.75, 3.05) is 0 Å². The summed E-state index contributed by atoms with van der Waals surface area (Å²) in [6.07, 6.45) is 6.69. The SMILES string of the molecule is Oc1cccc2nc(-c3ccc4c(ccc5c6c(ccc54)CCCC6)c3)ncc12. The molecule has 1 N–H and O–H groups in total. The summed E-state index contributed by atoms with van der Waals surface area (Å²) in [6.45, 7) is 0. The Kier molecular flexibility index (Phi) is 3.57. The topological polar surface area (TPSA) is 46.0 Å². The Morgan fingerprint density at radius 1 is 0.759 bits per heavy atom. The molecule has 0 saturated heterocycles. The second-order valence-corrected chi connectivity index (χ2v) is 7.91. The van der Waals surface area contributed by atoms with Gasteiger partial charge in [-0.15, -0.1) is 0 Å². The molecular weight excluding hydrogens is 356 g/mol. The lowest BCUT2D eigenvalue weighted by Gasteiger charge is -2.18. The standard InChI is InChI=1S/C26H20N2O/c29-25-7-3-6-24-23(25)15-27-26(28-24)18-10-11-20-17(14-18)9-13-21-19-5-2-1-4-16(19)8-12-22(20)21/h3,6-15,29H,1-2,4-5H2. The molecular formula is C26H20N2O. The number of rotatable bonds is 1. The van der Waals surface area contributed by atoms with E-state index in [9.17, 15) is 5.11 Å². The quantitative estimate of drug-likeness (QED) is 0.355. The van der Waals surface area contributed by atoms with Crippen molar-refractivity contribution in [3.05, 3.63) is 78.0 Å². The van der Waals surface area contributed by atoms with Crippen molar-refractivity contribution >= 4 is 32.4 Å². The second-order valence-electron chi connectivity index (χ2n) is 7.91. The number of phenolic OH excluding ortho intramolecular Hbond substituents is 1. The summed E-state index contributed by atoms with van der Waals surface area (Å²) >= 11 is 0. The predicted octanol–water partition coefficient (Wildman–Crippen LogP) is 6.19. The molecule has 140 valence electrons.